The van der Waals surface area contributed by atoms with E-state index in [2.05, 4.69) is 40.2 Å². The number of hydrogen-bond donors (Lipinski definition) is 0. The maximum absolute atomic E-state index is 4.20. The Bertz CT molecular complexity index is 455. The van der Waals surface area contributed by atoms with E-state index in [0.29, 0.717) is 0 Å². The van der Waals surface area contributed by atoms with Crippen LogP contribution in [0.15, 0.2) is 41.7 Å². The van der Waals surface area contributed by atoms with Crippen LogP contribution in [0.5, 0.6) is 0 Å². The van der Waals surface area contributed by atoms with Gasteiger partial charge in [-0.05, 0) is 5.56 Å². The largest absolute Gasteiger partial charge is 0.342 e. The molecule has 0 unspecified atom stereocenters. The standard InChI is InChI=1S/C12H10N2/c1-3-10-5-2-7-14-8-6-13-9-11(4-1)12(10)14/h1-6,8-9H,7H2. The van der Waals surface area contributed by atoms with Crippen LogP contribution in [-0.2, 0) is 0 Å². The summed E-state index contributed by atoms with van der Waals surface area (Å²) in [5.41, 5.74) is 3.73. The van der Waals surface area contributed by atoms with Crippen molar-refractivity contribution in [3.63, 3.8) is 0 Å². The van der Waals surface area contributed by atoms with Crippen molar-refractivity contribution in [2.75, 3.05) is 11.4 Å². The quantitative estimate of drug-likeness (QED) is 0.601. The molecule has 0 atom stereocenters. The molecular formula is C12H10N2. The second-order valence-electron chi connectivity index (χ2n) is 3.42. The van der Waals surface area contributed by atoms with Crippen LogP contribution in [0.3, 0.4) is 0 Å². The van der Waals surface area contributed by atoms with Crippen LogP contribution >= 0.6 is 0 Å². The molecule has 0 saturated heterocycles. The SMILES string of the molecule is C1=Cc2cccc3c2N(C=CN=C3)C1. The first-order valence-electron chi connectivity index (χ1n) is 4.71. The molecular weight excluding hydrogens is 172 g/mol. The Morgan fingerprint density at radius 2 is 2.14 bits per heavy atom. The molecule has 0 aliphatic carbocycles. The van der Waals surface area contributed by atoms with Gasteiger partial charge in [-0.2, -0.15) is 0 Å². The summed E-state index contributed by atoms with van der Waals surface area (Å²) in [6.45, 7) is 0.934. The molecule has 0 aromatic heterocycles. The van der Waals surface area contributed by atoms with Gasteiger partial charge in [0.05, 0.1) is 5.69 Å². The monoisotopic (exact) mass is 182 g/mol. The predicted octanol–water partition coefficient (Wildman–Crippen LogP) is 2.42. The van der Waals surface area contributed by atoms with Crippen LogP contribution in [0.1, 0.15) is 11.1 Å². The number of aliphatic imine (C=N–C) groups is 1. The lowest BCUT2D eigenvalue weighted by Gasteiger charge is -2.25. The van der Waals surface area contributed by atoms with Crippen molar-refractivity contribution < 1.29 is 0 Å². The molecule has 0 radical (unpaired) electrons. The van der Waals surface area contributed by atoms with Gasteiger partial charge in [-0.1, -0.05) is 30.4 Å². The van der Waals surface area contributed by atoms with Crippen molar-refractivity contribution in [3.05, 3.63) is 47.8 Å². The highest BCUT2D eigenvalue weighted by atomic mass is 15.1. The number of para-hydroxylation sites is 1. The van der Waals surface area contributed by atoms with Crippen molar-refractivity contribution >= 4 is 18.0 Å². The van der Waals surface area contributed by atoms with Gasteiger partial charge in [0, 0.05) is 30.7 Å². The van der Waals surface area contributed by atoms with Crippen LogP contribution in [0.4, 0.5) is 5.69 Å². The van der Waals surface area contributed by atoms with Crippen molar-refractivity contribution in [3.8, 4) is 0 Å². The minimum Gasteiger partial charge on any atom is -0.342 e. The Balaban J connectivity index is 2.31. The van der Waals surface area contributed by atoms with Crippen LogP contribution in [0.2, 0.25) is 0 Å². The molecule has 0 amide bonds. The Hall–Kier alpha value is -1.83. The molecule has 2 heterocycles. The Labute approximate surface area is 82.9 Å². The van der Waals surface area contributed by atoms with Gasteiger partial charge in [-0.15, -0.1) is 0 Å². The molecule has 2 aliphatic heterocycles. The van der Waals surface area contributed by atoms with Crippen molar-refractivity contribution in [2.45, 2.75) is 0 Å². The summed E-state index contributed by atoms with van der Waals surface area (Å²) >= 11 is 0. The number of anilines is 1. The fourth-order valence-electron chi connectivity index (χ4n) is 1.91. The summed E-state index contributed by atoms with van der Waals surface area (Å²) in [6, 6.07) is 6.30. The van der Waals surface area contributed by atoms with Crippen LogP contribution < -0.4 is 4.90 Å². The molecule has 14 heavy (non-hydrogen) atoms. The average Bonchev–Trinajstić information content (AvgIpc) is 2.44. The highest BCUT2D eigenvalue weighted by Gasteiger charge is 2.14. The average molecular weight is 182 g/mol. The molecule has 0 fully saturated rings. The molecule has 2 heteroatoms. The van der Waals surface area contributed by atoms with Gasteiger partial charge in [0.25, 0.3) is 0 Å². The Morgan fingerprint density at radius 3 is 3.14 bits per heavy atom. The lowest BCUT2D eigenvalue weighted by atomic mass is 10.0. The predicted molar refractivity (Wildman–Crippen MR) is 59.6 cm³/mol. The molecule has 68 valence electrons. The van der Waals surface area contributed by atoms with E-state index in [-0.39, 0.29) is 0 Å². The van der Waals surface area contributed by atoms with E-state index in [1.807, 2.05) is 18.6 Å². The highest BCUT2D eigenvalue weighted by Crippen LogP contribution is 2.30. The second-order valence-corrected chi connectivity index (χ2v) is 3.42. The number of nitrogens with zero attached hydrogens (tertiary/aromatic N) is 2. The second kappa shape index (κ2) is 2.84. The summed E-state index contributed by atoms with van der Waals surface area (Å²) in [5.74, 6) is 0. The van der Waals surface area contributed by atoms with E-state index >= 15 is 0 Å². The third-order valence-electron chi connectivity index (χ3n) is 2.53. The maximum Gasteiger partial charge on any atom is 0.0572 e. The normalized spacial score (nSPS) is 16.7. The lowest BCUT2D eigenvalue weighted by molar-refractivity contribution is 1.07. The van der Waals surface area contributed by atoms with E-state index in [9.17, 15) is 0 Å². The zero-order chi connectivity index (χ0) is 9.38. The molecule has 0 N–H and O–H groups in total. The minimum atomic E-state index is 0.934. The summed E-state index contributed by atoms with van der Waals surface area (Å²) in [5, 5.41) is 0. The zero-order valence-corrected chi connectivity index (χ0v) is 7.72. The van der Waals surface area contributed by atoms with E-state index < -0.39 is 0 Å². The molecule has 1 aromatic rings. The van der Waals surface area contributed by atoms with Gasteiger partial charge < -0.3 is 4.90 Å². The molecule has 2 nitrogen and oxygen atoms in total. The maximum atomic E-state index is 4.20. The first kappa shape index (κ1) is 7.56. The highest BCUT2D eigenvalue weighted by molar-refractivity contribution is 5.93. The third kappa shape index (κ3) is 1.01. The first-order valence-corrected chi connectivity index (χ1v) is 4.71. The number of benzene rings is 1. The smallest absolute Gasteiger partial charge is 0.0572 e. The summed E-state index contributed by atoms with van der Waals surface area (Å²) in [6.07, 6.45) is 10.1. The molecule has 1 aromatic carbocycles. The van der Waals surface area contributed by atoms with Crippen LogP contribution in [0, 0.1) is 0 Å². The molecule has 0 spiro atoms. The van der Waals surface area contributed by atoms with Gasteiger partial charge in [0.15, 0.2) is 0 Å². The van der Waals surface area contributed by atoms with Gasteiger partial charge in [0.1, 0.15) is 0 Å². The van der Waals surface area contributed by atoms with Crippen LogP contribution in [-0.4, -0.2) is 12.8 Å². The van der Waals surface area contributed by atoms with E-state index in [1.54, 1.807) is 0 Å². The Kier molecular flexibility index (Phi) is 1.53. The van der Waals surface area contributed by atoms with Crippen molar-refractivity contribution in [1.82, 2.24) is 0 Å². The van der Waals surface area contributed by atoms with Gasteiger partial charge >= 0.3 is 0 Å². The molecule has 0 saturated carbocycles. The number of hydrogen-bond acceptors (Lipinski definition) is 2. The molecule has 0 bridgehead atoms. The van der Waals surface area contributed by atoms with Gasteiger partial charge in [0.2, 0.25) is 0 Å². The van der Waals surface area contributed by atoms with Crippen molar-refractivity contribution in [1.29, 1.82) is 0 Å². The summed E-state index contributed by atoms with van der Waals surface area (Å²) in [4.78, 5) is 6.42. The van der Waals surface area contributed by atoms with Crippen molar-refractivity contribution in [2.24, 2.45) is 4.99 Å². The Morgan fingerprint density at radius 1 is 1.21 bits per heavy atom. The zero-order valence-electron chi connectivity index (χ0n) is 7.72. The first-order chi connectivity index (χ1) is 6.95. The summed E-state index contributed by atoms with van der Waals surface area (Å²) in [7, 11) is 0. The number of rotatable bonds is 0. The fraction of sp³-hybridized carbons (Fsp3) is 0.0833. The topological polar surface area (TPSA) is 15.6 Å². The molecule has 2 aliphatic rings. The van der Waals surface area contributed by atoms with E-state index in [4.69, 9.17) is 0 Å². The fourth-order valence-corrected chi connectivity index (χ4v) is 1.91. The van der Waals surface area contributed by atoms with Gasteiger partial charge in [-0.3, -0.25) is 4.99 Å². The van der Waals surface area contributed by atoms with E-state index in [1.165, 1.54) is 16.8 Å². The third-order valence-corrected chi connectivity index (χ3v) is 2.53. The minimum absolute atomic E-state index is 0.934. The van der Waals surface area contributed by atoms with E-state index in [0.717, 1.165) is 6.54 Å². The molecule has 3 rings (SSSR count). The summed E-state index contributed by atoms with van der Waals surface area (Å²) < 4.78 is 0. The van der Waals surface area contributed by atoms with Crippen LogP contribution in [0.25, 0.3) is 6.08 Å². The lowest BCUT2D eigenvalue weighted by Crippen LogP contribution is -2.20. The van der Waals surface area contributed by atoms with Gasteiger partial charge in [-0.25, -0.2) is 0 Å².